The summed E-state index contributed by atoms with van der Waals surface area (Å²) in [4.78, 5) is 1.68. The van der Waals surface area contributed by atoms with Gasteiger partial charge in [0.25, 0.3) is 0 Å². The Bertz CT molecular complexity index is 410. The van der Waals surface area contributed by atoms with Gasteiger partial charge in [0.05, 0.1) is 30.2 Å². The van der Waals surface area contributed by atoms with Gasteiger partial charge >= 0.3 is 6.18 Å². The summed E-state index contributed by atoms with van der Waals surface area (Å²) in [5.74, 6) is 0. The zero-order valence-electron chi connectivity index (χ0n) is 10.6. The van der Waals surface area contributed by atoms with Gasteiger partial charge in [-0.05, 0) is 18.2 Å². The number of hydrogen-bond donors (Lipinski definition) is 2. The third-order valence-corrected chi connectivity index (χ3v) is 2.63. The molecule has 0 aromatic heterocycles. The molecule has 0 spiro atoms. The molecule has 0 saturated carbocycles. The van der Waals surface area contributed by atoms with Crippen LogP contribution < -0.4 is 10.6 Å². The third kappa shape index (κ3) is 4.29. The highest BCUT2D eigenvalue weighted by atomic mass is 19.4. The first kappa shape index (κ1) is 15.6. The summed E-state index contributed by atoms with van der Waals surface area (Å²) in [5, 5.41) is 8.97. The summed E-state index contributed by atoms with van der Waals surface area (Å²) in [7, 11) is 1.52. The fourth-order valence-corrected chi connectivity index (χ4v) is 1.69. The maximum atomic E-state index is 12.5. The highest BCUT2D eigenvalue weighted by Gasteiger charge is 2.31. The lowest BCUT2D eigenvalue weighted by Crippen LogP contribution is -2.30. The van der Waals surface area contributed by atoms with Gasteiger partial charge in [-0.25, -0.2) is 0 Å². The Balaban J connectivity index is 2.97. The Hall–Kier alpha value is -1.47. The summed E-state index contributed by atoms with van der Waals surface area (Å²) in [6.07, 6.45) is -4.42. The standard InChI is InChI=1S/C12H17F3N2O2/c1-19-7-5-17(4-6-18)11-3-2-9(8-10(11)16)12(13,14)15/h2-3,8,18H,4-7,16H2,1H3. The second-order valence-electron chi connectivity index (χ2n) is 3.97. The molecule has 108 valence electrons. The molecule has 0 bridgehead atoms. The largest absolute Gasteiger partial charge is 0.416 e. The van der Waals surface area contributed by atoms with E-state index < -0.39 is 11.7 Å². The number of methoxy groups -OCH3 is 1. The van der Waals surface area contributed by atoms with Crippen LogP contribution >= 0.6 is 0 Å². The molecule has 0 saturated heterocycles. The number of hydrogen-bond acceptors (Lipinski definition) is 4. The SMILES string of the molecule is COCCN(CCO)c1ccc(C(F)(F)F)cc1N. The van der Waals surface area contributed by atoms with Crippen LogP contribution in [-0.4, -0.2) is 38.5 Å². The highest BCUT2D eigenvalue weighted by Crippen LogP contribution is 2.33. The molecular formula is C12H17F3N2O2. The van der Waals surface area contributed by atoms with Crippen molar-refractivity contribution >= 4 is 11.4 Å². The van der Waals surface area contributed by atoms with E-state index in [4.69, 9.17) is 15.6 Å². The van der Waals surface area contributed by atoms with Crippen molar-refractivity contribution in [2.75, 3.05) is 44.0 Å². The Morgan fingerprint density at radius 3 is 2.47 bits per heavy atom. The highest BCUT2D eigenvalue weighted by molar-refractivity contribution is 5.68. The Morgan fingerprint density at radius 2 is 2.00 bits per heavy atom. The maximum absolute atomic E-state index is 12.5. The van der Waals surface area contributed by atoms with Gasteiger partial charge in [-0.3, -0.25) is 0 Å². The van der Waals surface area contributed by atoms with E-state index in [-0.39, 0.29) is 18.8 Å². The first-order valence-corrected chi connectivity index (χ1v) is 5.71. The zero-order chi connectivity index (χ0) is 14.5. The summed E-state index contributed by atoms with van der Waals surface area (Å²) < 4.78 is 42.5. The van der Waals surface area contributed by atoms with Gasteiger partial charge in [0.15, 0.2) is 0 Å². The second-order valence-corrected chi connectivity index (χ2v) is 3.97. The molecule has 3 N–H and O–H groups in total. The summed E-state index contributed by atoms with van der Waals surface area (Å²) in [6.45, 7) is 0.982. The van der Waals surface area contributed by atoms with Crippen molar-refractivity contribution in [3.63, 3.8) is 0 Å². The predicted molar refractivity (Wildman–Crippen MR) is 67.0 cm³/mol. The van der Waals surface area contributed by atoms with Gasteiger partial charge < -0.3 is 20.5 Å². The number of aliphatic hydroxyl groups is 1. The van der Waals surface area contributed by atoms with Crippen LogP contribution in [0.3, 0.4) is 0 Å². The number of aliphatic hydroxyl groups excluding tert-OH is 1. The number of anilines is 2. The molecule has 19 heavy (non-hydrogen) atoms. The van der Waals surface area contributed by atoms with Gasteiger partial charge in [-0.2, -0.15) is 13.2 Å². The average molecular weight is 278 g/mol. The van der Waals surface area contributed by atoms with Crippen LogP contribution in [0.5, 0.6) is 0 Å². The smallest absolute Gasteiger partial charge is 0.397 e. The Kier molecular flexibility index (Phi) is 5.44. The first-order chi connectivity index (χ1) is 8.90. The van der Waals surface area contributed by atoms with E-state index in [0.717, 1.165) is 12.1 Å². The van der Waals surface area contributed by atoms with Crippen molar-refractivity contribution in [1.29, 1.82) is 0 Å². The van der Waals surface area contributed by atoms with Gasteiger partial charge in [0.1, 0.15) is 0 Å². The summed E-state index contributed by atoms with van der Waals surface area (Å²) >= 11 is 0. The van der Waals surface area contributed by atoms with E-state index in [0.29, 0.717) is 18.8 Å². The lowest BCUT2D eigenvalue weighted by molar-refractivity contribution is -0.137. The van der Waals surface area contributed by atoms with Crippen LogP contribution in [-0.2, 0) is 10.9 Å². The molecule has 1 aromatic carbocycles. The van der Waals surface area contributed by atoms with Crippen molar-refractivity contribution in [3.8, 4) is 0 Å². The van der Waals surface area contributed by atoms with Crippen molar-refractivity contribution in [1.82, 2.24) is 0 Å². The zero-order valence-corrected chi connectivity index (χ0v) is 10.6. The monoisotopic (exact) mass is 278 g/mol. The molecule has 0 aliphatic carbocycles. The Labute approximate surface area is 109 Å². The van der Waals surface area contributed by atoms with Crippen LogP contribution in [0, 0.1) is 0 Å². The molecular weight excluding hydrogens is 261 g/mol. The molecule has 0 unspecified atom stereocenters. The minimum Gasteiger partial charge on any atom is -0.397 e. The van der Waals surface area contributed by atoms with Crippen molar-refractivity contribution < 1.29 is 23.0 Å². The molecule has 0 aliphatic rings. The number of ether oxygens (including phenoxy) is 1. The molecule has 0 amide bonds. The minimum absolute atomic E-state index is 0.0272. The third-order valence-electron chi connectivity index (χ3n) is 2.63. The molecule has 4 nitrogen and oxygen atoms in total. The molecule has 1 aromatic rings. The van der Waals surface area contributed by atoms with Crippen molar-refractivity contribution in [3.05, 3.63) is 23.8 Å². The van der Waals surface area contributed by atoms with Crippen LogP contribution in [0.4, 0.5) is 24.5 Å². The van der Waals surface area contributed by atoms with Crippen LogP contribution in [0.25, 0.3) is 0 Å². The lowest BCUT2D eigenvalue weighted by Gasteiger charge is -2.25. The lowest BCUT2D eigenvalue weighted by atomic mass is 10.1. The van der Waals surface area contributed by atoms with Crippen molar-refractivity contribution in [2.45, 2.75) is 6.18 Å². The molecule has 0 atom stereocenters. The van der Waals surface area contributed by atoms with E-state index in [1.807, 2.05) is 0 Å². The average Bonchev–Trinajstić information content (AvgIpc) is 2.33. The fraction of sp³-hybridized carbons (Fsp3) is 0.500. The van der Waals surface area contributed by atoms with Gasteiger partial charge in [-0.15, -0.1) is 0 Å². The molecule has 0 fully saturated rings. The van der Waals surface area contributed by atoms with Crippen LogP contribution in [0.15, 0.2) is 18.2 Å². The fourth-order valence-electron chi connectivity index (χ4n) is 1.69. The quantitative estimate of drug-likeness (QED) is 0.778. The van der Waals surface area contributed by atoms with Crippen LogP contribution in [0.2, 0.25) is 0 Å². The first-order valence-electron chi connectivity index (χ1n) is 5.71. The van der Waals surface area contributed by atoms with Crippen LogP contribution in [0.1, 0.15) is 5.56 Å². The molecule has 0 heterocycles. The van der Waals surface area contributed by atoms with Gasteiger partial charge in [0.2, 0.25) is 0 Å². The van der Waals surface area contributed by atoms with Crippen molar-refractivity contribution in [2.24, 2.45) is 0 Å². The molecule has 0 radical (unpaired) electrons. The topological polar surface area (TPSA) is 58.7 Å². The number of benzene rings is 1. The minimum atomic E-state index is -4.42. The van der Waals surface area contributed by atoms with E-state index in [1.54, 1.807) is 4.90 Å². The number of halogens is 3. The van der Waals surface area contributed by atoms with Gasteiger partial charge in [0, 0.05) is 20.2 Å². The predicted octanol–water partition coefficient (Wildman–Crippen LogP) is 1.73. The Morgan fingerprint density at radius 1 is 1.32 bits per heavy atom. The number of nitrogens with zero attached hydrogens (tertiary/aromatic N) is 1. The van der Waals surface area contributed by atoms with E-state index >= 15 is 0 Å². The summed E-state index contributed by atoms with van der Waals surface area (Å²) in [6, 6.07) is 3.18. The number of rotatable bonds is 6. The maximum Gasteiger partial charge on any atom is 0.416 e. The number of nitrogens with two attached hydrogens (primary N) is 1. The second kappa shape index (κ2) is 6.63. The number of nitrogen functional groups attached to an aromatic ring is 1. The van der Waals surface area contributed by atoms with E-state index in [9.17, 15) is 13.2 Å². The molecule has 7 heteroatoms. The molecule has 0 aliphatic heterocycles. The normalized spacial score (nSPS) is 11.6. The number of alkyl halides is 3. The van der Waals surface area contributed by atoms with Gasteiger partial charge in [-0.1, -0.05) is 0 Å². The summed E-state index contributed by atoms with van der Waals surface area (Å²) in [5.41, 5.74) is 5.35. The van der Waals surface area contributed by atoms with E-state index in [2.05, 4.69) is 0 Å². The van der Waals surface area contributed by atoms with E-state index in [1.165, 1.54) is 13.2 Å². The molecule has 1 rings (SSSR count).